The normalized spacial score (nSPS) is 24.6. The van der Waals surface area contributed by atoms with E-state index in [2.05, 4.69) is 15.2 Å². The van der Waals surface area contributed by atoms with Gasteiger partial charge in [-0.2, -0.15) is 15.4 Å². The van der Waals surface area contributed by atoms with E-state index in [0.717, 1.165) is 5.56 Å². The molecule has 0 aliphatic carbocycles. The van der Waals surface area contributed by atoms with Crippen molar-refractivity contribution in [3.05, 3.63) is 54.0 Å². The lowest BCUT2D eigenvalue weighted by atomic mass is 9.87. The summed E-state index contributed by atoms with van der Waals surface area (Å²) >= 11 is 0. The van der Waals surface area contributed by atoms with Gasteiger partial charge < -0.3 is 29.9 Å². The minimum absolute atomic E-state index is 0.0903. The van der Waals surface area contributed by atoms with Crippen LogP contribution >= 0.6 is 7.75 Å². The number of nitrogen functional groups attached to an aromatic ring is 1. The molecule has 42 heavy (non-hydrogen) atoms. The van der Waals surface area contributed by atoms with Crippen LogP contribution in [0.25, 0.3) is 5.52 Å². The van der Waals surface area contributed by atoms with E-state index in [4.69, 9.17) is 24.3 Å². The number of hydrogen-bond donors (Lipinski definition) is 4. The van der Waals surface area contributed by atoms with Gasteiger partial charge in [-0.1, -0.05) is 32.9 Å². The first kappa shape index (κ1) is 31.4. The lowest BCUT2D eigenvalue weighted by molar-refractivity contribution is -0.144. The number of aliphatic hydroxyl groups excluding tert-OH is 2. The average molecular weight is 603 g/mol. The zero-order chi connectivity index (χ0) is 30.9. The Kier molecular flexibility index (Phi) is 8.94. The van der Waals surface area contributed by atoms with Crippen LogP contribution in [0.15, 0.2) is 42.7 Å². The highest BCUT2D eigenvalue weighted by molar-refractivity contribution is 7.52. The molecule has 15 heteroatoms. The first-order chi connectivity index (χ1) is 19.7. The van der Waals surface area contributed by atoms with Crippen LogP contribution in [0, 0.1) is 11.3 Å². The molecular formula is C27H35N6O8P. The van der Waals surface area contributed by atoms with Crippen LogP contribution in [0.1, 0.15) is 52.0 Å². The van der Waals surface area contributed by atoms with Crippen molar-refractivity contribution in [3.8, 4) is 11.8 Å². The van der Waals surface area contributed by atoms with Crippen molar-refractivity contribution in [3.63, 3.8) is 0 Å². The average Bonchev–Trinajstić information content (AvgIpc) is 3.47. The van der Waals surface area contributed by atoms with E-state index in [0.29, 0.717) is 5.52 Å². The molecule has 2 aromatic heterocycles. The van der Waals surface area contributed by atoms with Crippen LogP contribution in [0.4, 0.5) is 5.82 Å². The van der Waals surface area contributed by atoms with Gasteiger partial charge in [-0.3, -0.25) is 9.32 Å². The molecule has 0 spiro atoms. The SMILES string of the molecule is CCOC(=O)[C@H](C)NP(=O)(OC[C@@]1(C#N)O[C@@H](c2ccc3c(N)ncnn23)[C@H](O)[C@@H]1O)Oc1ccc(C(C)(C)C)cc1. The summed E-state index contributed by atoms with van der Waals surface area (Å²) in [6.45, 7) is 8.42. The van der Waals surface area contributed by atoms with E-state index in [1.54, 1.807) is 43.3 Å². The smallest absolute Gasteiger partial charge is 0.459 e. The van der Waals surface area contributed by atoms with Crippen molar-refractivity contribution in [2.24, 2.45) is 0 Å². The third-order valence-electron chi connectivity index (χ3n) is 6.83. The molecule has 3 heterocycles. The number of fused-ring (bicyclic) bond motifs is 1. The fourth-order valence-corrected chi connectivity index (χ4v) is 5.98. The highest BCUT2D eigenvalue weighted by Crippen LogP contribution is 2.48. The summed E-state index contributed by atoms with van der Waals surface area (Å²) in [5.74, 6) is -0.379. The van der Waals surface area contributed by atoms with E-state index in [1.807, 2.05) is 26.8 Å². The number of aromatic nitrogens is 3. The van der Waals surface area contributed by atoms with Gasteiger partial charge in [0, 0.05) is 0 Å². The third kappa shape index (κ3) is 6.27. The van der Waals surface area contributed by atoms with E-state index >= 15 is 0 Å². The summed E-state index contributed by atoms with van der Waals surface area (Å²) in [6.07, 6.45) is -3.42. The number of aliphatic hydroxyl groups is 2. The Morgan fingerprint density at radius 2 is 1.98 bits per heavy atom. The van der Waals surface area contributed by atoms with Gasteiger partial charge in [0.2, 0.25) is 5.60 Å². The van der Waals surface area contributed by atoms with Gasteiger partial charge in [0.05, 0.1) is 12.3 Å². The molecule has 1 fully saturated rings. The van der Waals surface area contributed by atoms with E-state index < -0.39 is 50.3 Å². The maximum absolute atomic E-state index is 14.0. The zero-order valence-electron chi connectivity index (χ0n) is 23.9. The molecule has 1 saturated heterocycles. The maximum atomic E-state index is 14.0. The Bertz CT molecular complexity index is 1520. The number of nitrogens with two attached hydrogens (primary N) is 1. The van der Waals surface area contributed by atoms with Crippen LogP contribution in [0.5, 0.6) is 5.75 Å². The van der Waals surface area contributed by atoms with Crippen molar-refractivity contribution in [1.82, 2.24) is 19.7 Å². The molecule has 1 aromatic carbocycles. The van der Waals surface area contributed by atoms with Crippen LogP contribution in [0.2, 0.25) is 0 Å². The summed E-state index contributed by atoms with van der Waals surface area (Å²) in [5.41, 5.74) is 5.27. The number of nitrogens with zero attached hydrogens (tertiary/aromatic N) is 4. The molecule has 6 atom stereocenters. The molecule has 3 aromatic rings. The maximum Gasteiger partial charge on any atom is 0.459 e. The van der Waals surface area contributed by atoms with E-state index in [9.17, 15) is 24.8 Å². The quantitative estimate of drug-likeness (QED) is 0.195. The number of nitrogens with one attached hydrogen (secondary N) is 1. The molecule has 0 radical (unpaired) electrons. The number of benzene rings is 1. The van der Waals surface area contributed by atoms with Crippen LogP contribution in [-0.4, -0.2) is 67.8 Å². The zero-order valence-corrected chi connectivity index (χ0v) is 24.8. The lowest BCUT2D eigenvalue weighted by Crippen LogP contribution is -2.46. The van der Waals surface area contributed by atoms with Gasteiger partial charge in [-0.15, -0.1) is 0 Å². The monoisotopic (exact) mass is 602 g/mol. The number of ether oxygens (including phenoxy) is 2. The Morgan fingerprint density at radius 1 is 1.29 bits per heavy atom. The lowest BCUT2D eigenvalue weighted by Gasteiger charge is -2.28. The van der Waals surface area contributed by atoms with Gasteiger partial charge in [0.15, 0.2) is 5.82 Å². The number of anilines is 1. The second-order valence-corrected chi connectivity index (χ2v) is 12.6. The first-order valence-corrected chi connectivity index (χ1v) is 14.8. The fraction of sp³-hybridized carbons (Fsp3) is 0.481. The first-order valence-electron chi connectivity index (χ1n) is 13.3. The number of esters is 1. The highest BCUT2D eigenvalue weighted by atomic mass is 31.2. The van der Waals surface area contributed by atoms with E-state index in [-0.39, 0.29) is 29.3 Å². The van der Waals surface area contributed by atoms with Gasteiger partial charge in [0.1, 0.15) is 54.6 Å². The minimum Gasteiger partial charge on any atom is -0.465 e. The molecule has 4 rings (SSSR count). The Hall–Kier alpha value is -3.57. The van der Waals surface area contributed by atoms with E-state index in [1.165, 1.54) is 17.8 Å². The van der Waals surface area contributed by atoms with Gasteiger partial charge in [-0.25, -0.2) is 14.1 Å². The number of hydrogen-bond acceptors (Lipinski definition) is 12. The Morgan fingerprint density at radius 3 is 2.60 bits per heavy atom. The summed E-state index contributed by atoms with van der Waals surface area (Å²) < 4.78 is 37.6. The molecule has 1 unspecified atom stereocenters. The number of carbonyl (C=O) groups is 1. The van der Waals surface area contributed by atoms with Crippen molar-refractivity contribution < 1.29 is 38.1 Å². The van der Waals surface area contributed by atoms with Crippen LogP contribution in [0.3, 0.4) is 0 Å². The molecule has 0 saturated carbocycles. The van der Waals surface area contributed by atoms with Gasteiger partial charge in [-0.05, 0) is 49.1 Å². The van der Waals surface area contributed by atoms with Crippen molar-refractivity contribution in [1.29, 1.82) is 5.26 Å². The second kappa shape index (κ2) is 12.0. The molecule has 0 amide bonds. The predicted octanol–water partition coefficient (Wildman–Crippen LogP) is 2.41. The number of rotatable bonds is 10. The van der Waals surface area contributed by atoms with Crippen molar-refractivity contribution in [2.75, 3.05) is 18.9 Å². The summed E-state index contributed by atoms with van der Waals surface area (Å²) in [4.78, 5) is 16.2. The standard InChI is InChI=1S/C27H35N6O8P/c1-6-38-25(36)16(2)32-42(37,41-18-9-7-17(8-10-18)26(3,4)5)39-14-27(13-28)23(35)21(34)22(40-27)19-11-12-20-24(29)30-15-31-33(19)20/h7-12,15-16,21-23,34-35H,6,14H2,1-5H3,(H,32,37)(H2,29,30,31)/t16-,21-,22-,23-,27+,42?/m0/s1. The topological polar surface area (TPSA) is 204 Å². The molecule has 0 bridgehead atoms. The molecule has 5 N–H and O–H groups in total. The molecule has 1 aliphatic rings. The third-order valence-corrected chi connectivity index (χ3v) is 8.45. The summed E-state index contributed by atoms with van der Waals surface area (Å²) in [7, 11) is -4.43. The minimum atomic E-state index is -4.43. The highest BCUT2D eigenvalue weighted by Gasteiger charge is 2.57. The number of nitriles is 1. The van der Waals surface area contributed by atoms with Crippen molar-refractivity contribution >= 4 is 25.1 Å². The second-order valence-electron chi connectivity index (χ2n) is 10.9. The summed E-state index contributed by atoms with van der Waals surface area (Å²) in [6, 6.07) is 10.7. The molecule has 1 aliphatic heterocycles. The molecular weight excluding hydrogens is 567 g/mol. The van der Waals surface area contributed by atoms with Crippen LogP contribution < -0.4 is 15.3 Å². The van der Waals surface area contributed by atoms with Gasteiger partial charge in [0.25, 0.3) is 0 Å². The predicted molar refractivity (Wildman–Crippen MR) is 150 cm³/mol. The van der Waals surface area contributed by atoms with Gasteiger partial charge >= 0.3 is 13.7 Å². The summed E-state index contributed by atoms with van der Waals surface area (Å²) in [5, 5.41) is 38.6. The number of carbonyl (C=O) groups excluding carboxylic acids is 1. The fourth-order valence-electron chi connectivity index (χ4n) is 4.46. The largest absolute Gasteiger partial charge is 0.465 e. The van der Waals surface area contributed by atoms with Crippen molar-refractivity contribution in [2.45, 2.75) is 70.0 Å². The van der Waals surface area contributed by atoms with Crippen LogP contribution in [-0.2, 0) is 28.8 Å². The Balaban J connectivity index is 1.61. The molecule has 226 valence electrons. The Labute approximate surface area is 242 Å². The molecule has 14 nitrogen and oxygen atoms in total.